The van der Waals surface area contributed by atoms with Gasteiger partial charge in [-0.1, -0.05) is 11.6 Å². The highest BCUT2D eigenvalue weighted by Crippen LogP contribution is 2.41. The number of ketones is 1. The molecule has 2 aliphatic heterocycles. The molecule has 0 atom stereocenters. The molecule has 8 nitrogen and oxygen atoms in total. The van der Waals surface area contributed by atoms with E-state index in [-0.39, 0.29) is 35.8 Å². The smallest absolute Gasteiger partial charge is 0.417 e. The maximum atomic E-state index is 13.1. The molecule has 2 aliphatic rings. The predicted octanol–water partition coefficient (Wildman–Crippen LogP) is 2.96. The first-order chi connectivity index (χ1) is 14.3. The number of piperidine rings is 1. The largest absolute Gasteiger partial charge is 0.486 e. The zero-order valence-electron chi connectivity index (χ0n) is 15.7. The van der Waals surface area contributed by atoms with E-state index in [1.807, 2.05) is 0 Å². The van der Waals surface area contributed by atoms with E-state index < -0.39 is 21.4 Å². The fourth-order valence-electron chi connectivity index (χ4n) is 4.11. The Morgan fingerprint density at radius 3 is 2.60 bits per heavy atom. The Hall–Kier alpha value is -2.62. The second kappa shape index (κ2) is 6.69. The molecule has 1 N–H and O–H groups in total. The average molecular weight is 449 g/mol. The van der Waals surface area contributed by atoms with Gasteiger partial charge in [0, 0.05) is 37.0 Å². The van der Waals surface area contributed by atoms with Crippen molar-refractivity contribution < 1.29 is 22.4 Å². The van der Waals surface area contributed by atoms with Crippen LogP contribution in [0.2, 0.25) is 5.02 Å². The number of fused-ring (bicyclic) bond motifs is 2. The summed E-state index contributed by atoms with van der Waals surface area (Å²) in [7, 11) is -3.78. The third kappa shape index (κ3) is 3.13. The molecule has 0 saturated carbocycles. The number of aromatic amines is 1. The molecule has 1 spiro atoms. The van der Waals surface area contributed by atoms with Crippen LogP contribution in [-0.2, 0) is 10.0 Å². The van der Waals surface area contributed by atoms with Gasteiger partial charge in [0.15, 0.2) is 11.4 Å². The van der Waals surface area contributed by atoms with Crippen LogP contribution in [0, 0.1) is 0 Å². The summed E-state index contributed by atoms with van der Waals surface area (Å²) in [5.41, 5.74) is 0.362. The number of carbonyl (C=O) groups is 1. The zero-order chi connectivity index (χ0) is 21.1. The first kappa shape index (κ1) is 19.3. The monoisotopic (exact) mass is 448 g/mol. The number of halogens is 1. The van der Waals surface area contributed by atoms with E-state index in [4.69, 9.17) is 20.8 Å². The molecule has 1 fully saturated rings. The van der Waals surface area contributed by atoms with Gasteiger partial charge in [0.25, 0.3) is 0 Å². The van der Waals surface area contributed by atoms with Crippen LogP contribution in [0.5, 0.6) is 5.75 Å². The Bertz CT molecular complexity index is 1330. The Kier molecular flexibility index (Phi) is 4.32. The molecule has 1 saturated heterocycles. The predicted molar refractivity (Wildman–Crippen MR) is 109 cm³/mol. The Morgan fingerprint density at radius 2 is 1.83 bits per heavy atom. The summed E-state index contributed by atoms with van der Waals surface area (Å²) in [6.07, 6.45) is 0.970. The van der Waals surface area contributed by atoms with Crippen LogP contribution in [0.1, 0.15) is 29.6 Å². The zero-order valence-corrected chi connectivity index (χ0v) is 17.3. The topological polar surface area (TPSA) is 110 Å². The van der Waals surface area contributed by atoms with Crippen LogP contribution in [0.3, 0.4) is 0 Å². The lowest BCUT2D eigenvalue weighted by Crippen LogP contribution is -2.52. The quantitative estimate of drug-likeness (QED) is 0.645. The van der Waals surface area contributed by atoms with Crippen molar-refractivity contribution in [3.63, 3.8) is 0 Å². The lowest BCUT2D eigenvalue weighted by Gasteiger charge is -2.43. The first-order valence-corrected chi connectivity index (χ1v) is 11.2. The van der Waals surface area contributed by atoms with Gasteiger partial charge < -0.3 is 9.15 Å². The van der Waals surface area contributed by atoms with E-state index >= 15 is 0 Å². The number of benzene rings is 2. The van der Waals surface area contributed by atoms with Crippen molar-refractivity contribution in [2.45, 2.75) is 29.8 Å². The van der Waals surface area contributed by atoms with Crippen molar-refractivity contribution in [1.29, 1.82) is 0 Å². The highest BCUT2D eigenvalue weighted by molar-refractivity contribution is 7.89. The van der Waals surface area contributed by atoms with E-state index in [0.29, 0.717) is 34.7 Å². The van der Waals surface area contributed by atoms with Crippen LogP contribution in [-0.4, -0.2) is 42.2 Å². The summed E-state index contributed by atoms with van der Waals surface area (Å²) in [6, 6.07) is 9.23. The molecule has 3 aromatic rings. The van der Waals surface area contributed by atoms with Crippen LogP contribution in [0.15, 0.2) is 50.5 Å². The Morgan fingerprint density at radius 1 is 1.07 bits per heavy atom. The normalized spacial score (nSPS) is 19.0. The number of Topliss-reactive ketones (excluding diaryl/α,β-unsaturated/α-hetero) is 1. The summed E-state index contributed by atoms with van der Waals surface area (Å²) in [5.74, 6) is -0.206. The minimum Gasteiger partial charge on any atom is -0.486 e. The van der Waals surface area contributed by atoms with Gasteiger partial charge in [-0.05, 0) is 30.3 Å². The fourth-order valence-corrected chi connectivity index (χ4v) is 5.74. The number of hydrogen-bond donors (Lipinski definition) is 1. The minimum atomic E-state index is -3.78. The molecule has 0 aliphatic carbocycles. The van der Waals surface area contributed by atoms with Crippen LogP contribution < -0.4 is 10.5 Å². The maximum absolute atomic E-state index is 13.1. The highest BCUT2D eigenvalue weighted by Gasteiger charge is 2.45. The molecule has 3 heterocycles. The van der Waals surface area contributed by atoms with Gasteiger partial charge >= 0.3 is 5.76 Å². The summed E-state index contributed by atoms with van der Waals surface area (Å²) in [6.45, 7) is 0.432. The van der Waals surface area contributed by atoms with Crippen molar-refractivity contribution in [2.24, 2.45) is 0 Å². The first-order valence-electron chi connectivity index (χ1n) is 9.41. The van der Waals surface area contributed by atoms with E-state index in [9.17, 15) is 18.0 Å². The van der Waals surface area contributed by atoms with Gasteiger partial charge in [0.2, 0.25) is 10.0 Å². The third-order valence-electron chi connectivity index (χ3n) is 5.72. The number of aromatic nitrogens is 1. The summed E-state index contributed by atoms with van der Waals surface area (Å²) in [5, 5.41) is 0.470. The standard InChI is InChI=1S/C20H17ClN2O6S/c21-12-1-4-17-14(9-12)16(24)11-20(29-17)5-7-23(8-6-20)30(26,27)13-2-3-15-18(10-13)28-19(25)22-15/h1-4,9-10H,5-8,11H2,(H,22,25). The Balaban J connectivity index is 1.38. The number of ether oxygens (including phenoxy) is 1. The molecule has 0 unspecified atom stereocenters. The average Bonchev–Trinajstić information content (AvgIpc) is 3.08. The molecule has 156 valence electrons. The number of nitrogens with one attached hydrogen (secondary N) is 1. The van der Waals surface area contributed by atoms with E-state index in [0.717, 1.165) is 0 Å². The fraction of sp³-hybridized carbons (Fsp3) is 0.300. The highest BCUT2D eigenvalue weighted by atomic mass is 35.5. The second-order valence-corrected chi connectivity index (χ2v) is 9.98. The summed E-state index contributed by atoms with van der Waals surface area (Å²) in [4.78, 5) is 26.5. The van der Waals surface area contributed by atoms with Crippen LogP contribution in [0.4, 0.5) is 0 Å². The van der Waals surface area contributed by atoms with E-state index in [2.05, 4.69) is 4.98 Å². The van der Waals surface area contributed by atoms with Crippen LogP contribution >= 0.6 is 11.6 Å². The van der Waals surface area contributed by atoms with E-state index in [1.165, 1.54) is 22.5 Å². The molecule has 5 rings (SSSR count). The molecule has 30 heavy (non-hydrogen) atoms. The second-order valence-electron chi connectivity index (χ2n) is 7.60. The molecule has 0 radical (unpaired) electrons. The number of nitrogens with zero attached hydrogens (tertiary/aromatic N) is 1. The summed E-state index contributed by atoms with van der Waals surface area (Å²) < 4.78 is 38.7. The number of rotatable bonds is 2. The van der Waals surface area contributed by atoms with Crippen molar-refractivity contribution in [1.82, 2.24) is 9.29 Å². The molecule has 0 amide bonds. The number of H-pyrrole nitrogens is 1. The maximum Gasteiger partial charge on any atom is 0.417 e. The molecular weight excluding hydrogens is 432 g/mol. The van der Waals surface area contributed by atoms with Crippen molar-refractivity contribution in [2.75, 3.05) is 13.1 Å². The van der Waals surface area contributed by atoms with Crippen molar-refractivity contribution in [3.05, 3.63) is 57.5 Å². The van der Waals surface area contributed by atoms with Gasteiger partial charge in [-0.2, -0.15) is 4.31 Å². The molecule has 0 bridgehead atoms. The number of carbonyl (C=O) groups excluding carboxylic acids is 1. The van der Waals surface area contributed by atoms with E-state index in [1.54, 1.807) is 18.2 Å². The number of sulfonamides is 1. The third-order valence-corrected chi connectivity index (χ3v) is 7.84. The molecule has 10 heteroatoms. The SMILES string of the molecule is O=C1CC2(CCN(S(=O)(=O)c3ccc4[nH]c(=O)oc4c3)CC2)Oc2ccc(Cl)cc21. The van der Waals surface area contributed by atoms with Gasteiger partial charge in [0.1, 0.15) is 11.4 Å². The lowest BCUT2D eigenvalue weighted by atomic mass is 9.83. The number of oxazole rings is 1. The Labute approximate surface area is 176 Å². The molecule has 1 aromatic heterocycles. The summed E-state index contributed by atoms with van der Waals surface area (Å²) >= 11 is 5.98. The lowest BCUT2D eigenvalue weighted by molar-refractivity contribution is 0.00591. The van der Waals surface area contributed by atoms with Crippen molar-refractivity contribution >= 4 is 38.5 Å². The van der Waals surface area contributed by atoms with Gasteiger partial charge in [0.05, 0.1) is 22.4 Å². The minimum absolute atomic E-state index is 0.0503. The van der Waals surface area contributed by atoms with Crippen molar-refractivity contribution in [3.8, 4) is 5.75 Å². The van der Waals surface area contributed by atoms with Crippen LogP contribution in [0.25, 0.3) is 11.1 Å². The van der Waals surface area contributed by atoms with Gasteiger partial charge in [-0.15, -0.1) is 0 Å². The molecular formula is C20H17ClN2O6S. The van der Waals surface area contributed by atoms with Gasteiger partial charge in [-0.3, -0.25) is 9.78 Å². The number of hydrogen-bond acceptors (Lipinski definition) is 6. The molecule has 2 aromatic carbocycles. The van der Waals surface area contributed by atoms with Gasteiger partial charge in [-0.25, -0.2) is 13.2 Å².